The summed E-state index contributed by atoms with van der Waals surface area (Å²) < 4.78 is 7.05. The highest BCUT2D eigenvalue weighted by Gasteiger charge is 2.19. The first-order valence-corrected chi connectivity index (χ1v) is 8.88. The fourth-order valence-electron chi connectivity index (χ4n) is 3.29. The Morgan fingerprint density at radius 1 is 1.44 bits per heavy atom. The Morgan fingerprint density at radius 3 is 3.16 bits per heavy atom. The molecule has 1 aliphatic rings. The molecular formula is C19H26N4O2. The lowest BCUT2D eigenvalue weighted by Gasteiger charge is -2.23. The number of nitrogens with zero attached hydrogens (tertiary/aromatic N) is 2. The van der Waals surface area contributed by atoms with Crippen LogP contribution in [-0.4, -0.2) is 42.4 Å². The Hall–Kier alpha value is -2.34. The second-order valence-corrected chi connectivity index (χ2v) is 6.41. The lowest BCUT2D eigenvalue weighted by atomic mass is 9.96. The molecule has 134 valence electrons. The van der Waals surface area contributed by atoms with Gasteiger partial charge in [-0.15, -0.1) is 0 Å². The van der Waals surface area contributed by atoms with Gasteiger partial charge >= 0.3 is 0 Å². The second-order valence-electron chi connectivity index (χ2n) is 6.41. The second kappa shape index (κ2) is 8.67. The Kier molecular flexibility index (Phi) is 6.06. The number of amides is 1. The molecule has 3 rings (SSSR count). The molecule has 1 aromatic carbocycles. The van der Waals surface area contributed by atoms with Crippen LogP contribution in [0.15, 0.2) is 36.5 Å². The molecule has 6 nitrogen and oxygen atoms in total. The summed E-state index contributed by atoms with van der Waals surface area (Å²) in [6.07, 6.45) is 4.88. The number of hydrogen-bond donors (Lipinski definition) is 2. The van der Waals surface area contributed by atoms with E-state index in [-0.39, 0.29) is 12.5 Å². The summed E-state index contributed by atoms with van der Waals surface area (Å²) in [7, 11) is 1.66. The third-order valence-electron chi connectivity index (χ3n) is 4.63. The molecule has 1 fully saturated rings. The van der Waals surface area contributed by atoms with E-state index < -0.39 is 0 Å². The van der Waals surface area contributed by atoms with Gasteiger partial charge in [0.25, 0.3) is 0 Å². The molecule has 1 unspecified atom stereocenters. The van der Waals surface area contributed by atoms with Gasteiger partial charge in [0, 0.05) is 30.9 Å². The van der Waals surface area contributed by atoms with Crippen LogP contribution in [0.1, 0.15) is 30.0 Å². The molecule has 25 heavy (non-hydrogen) atoms. The van der Waals surface area contributed by atoms with Crippen molar-refractivity contribution in [2.45, 2.75) is 31.7 Å². The summed E-state index contributed by atoms with van der Waals surface area (Å²) >= 11 is 0. The van der Waals surface area contributed by atoms with Crippen LogP contribution in [0, 0.1) is 0 Å². The van der Waals surface area contributed by atoms with Gasteiger partial charge < -0.3 is 15.4 Å². The zero-order valence-corrected chi connectivity index (χ0v) is 14.7. The largest absolute Gasteiger partial charge is 0.497 e. The van der Waals surface area contributed by atoms with Crippen molar-refractivity contribution in [3.8, 4) is 5.75 Å². The van der Waals surface area contributed by atoms with E-state index in [1.807, 2.05) is 35.0 Å². The van der Waals surface area contributed by atoms with E-state index in [0.29, 0.717) is 12.5 Å². The molecule has 1 amide bonds. The maximum absolute atomic E-state index is 12.2. The van der Waals surface area contributed by atoms with Crippen molar-refractivity contribution in [2.24, 2.45) is 0 Å². The number of rotatable bonds is 7. The van der Waals surface area contributed by atoms with Crippen LogP contribution in [-0.2, 0) is 17.8 Å². The van der Waals surface area contributed by atoms with Gasteiger partial charge in [0.05, 0.1) is 7.11 Å². The van der Waals surface area contributed by atoms with E-state index in [9.17, 15) is 4.79 Å². The highest BCUT2D eigenvalue weighted by Crippen LogP contribution is 2.22. The summed E-state index contributed by atoms with van der Waals surface area (Å²) in [5, 5.41) is 10.7. The maximum Gasteiger partial charge on any atom is 0.241 e. The van der Waals surface area contributed by atoms with Gasteiger partial charge in [0.1, 0.15) is 12.3 Å². The van der Waals surface area contributed by atoms with Gasteiger partial charge in [-0.25, -0.2) is 0 Å². The van der Waals surface area contributed by atoms with E-state index in [4.69, 9.17) is 4.74 Å². The smallest absolute Gasteiger partial charge is 0.241 e. The molecule has 1 aromatic heterocycles. The molecule has 1 aliphatic heterocycles. The van der Waals surface area contributed by atoms with Gasteiger partial charge in [0.15, 0.2) is 0 Å². The maximum atomic E-state index is 12.2. The molecule has 2 N–H and O–H groups in total. The summed E-state index contributed by atoms with van der Waals surface area (Å²) in [6, 6.07) is 9.94. The number of nitrogens with one attached hydrogen (secondary N) is 2. The number of benzene rings is 1. The quantitative estimate of drug-likeness (QED) is 0.804. The molecule has 1 saturated heterocycles. The van der Waals surface area contributed by atoms with E-state index >= 15 is 0 Å². The van der Waals surface area contributed by atoms with E-state index in [0.717, 1.165) is 42.9 Å². The highest BCUT2D eigenvalue weighted by molar-refractivity contribution is 5.75. The summed E-state index contributed by atoms with van der Waals surface area (Å²) in [5.41, 5.74) is 2.29. The van der Waals surface area contributed by atoms with Crippen LogP contribution in [0.5, 0.6) is 5.75 Å². The molecule has 0 radical (unpaired) electrons. The van der Waals surface area contributed by atoms with Crippen molar-refractivity contribution in [1.82, 2.24) is 20.4 Å². The Labute approximate surface area is 148 Å². The molecule has 6 heteroatoms. The van der Waals surface area contributed by atoms with Crippen LogP contribution in [0.2, 0.25) is 0 Å². The Bertz CT molecular complexity index is 692. The highest BCUT2D eigenvalue weighted by atomic mass is 16.5. The first kappa shape index (κ1) is 17.5. The third kappa shape index (κ3) is 4.82. The van der Waals surface area contributed by atoms with Crippen LogP contribution < -0.4 is 15.4 Å². The number of carbonyl (C=O) groups is 1. The van der Waals surface area contributed by atoms with Gasteiger partial charge in [-0.05, 0) is 49.6 Å². The van der Waals surface area contributed by atoms with Crippen molar-refractivity contribution in [1.29, 1.82) is 0 Å². The van der Waals surface area contributed by atoms with E-state index in [1.54, 1.807) is 13.3 Å². The SMILES string of the molecule is COc1cccc(CCNC(=O)Cn2nccc2C2CCCNC2)c1. The van der Waals surface area contributed by atoms with Gasteiger partial charge in [-0.2, -0.15) is 5.10 Å². The first-order valence-electron chi connectivity index (χ1n) is 8.88. The van der Waals surface area contributed by atoms with Crippen molar-refractivity contribution in [2.75, 3.05) is 26.7 Å². The van der Waals surface area contributed by atoms with Gasteiger partial charge in [-0.1, -0.05) is 12.1 Å². The number of piperidine rings is 1. The third-order valence-corrected chi connectivity index (χ3v) is 4.63. The predicted molar refractivity (Wildman–Crippen MR) is 96.8 cm³/mol. The van der Waals surface area contributed by atoms with E-state index in [1.165, 1.54) is 6.42 Å². The summed E-state index contributed by atoms with van der Waals surface area (Å²) in [4.78, 5) is 12.2. The monoisotopic (exact) mass is 342 g/mol. The molecule has 0 spiro atoms. The van der Waals surface area contributed by atoms with E-state index in [2.05, 4.69) is 15.7 Å². The molecule has 0 bridgehead atoms. The van der Waals surface area contributed by atoms with Gasteiger partial charge in [-0.3, -0.25) is 9.48 Å². The first-order chi connectivity index (χ1) is 12.3. The van der Waals surface area contributed by atoms with Crippen molar-refractivity contribution in [3.63, 3.8) is 0 Å². The normalized spacial score (nSPS) is 17.2. The average molecular weight is 342 g/mol. The Balaban J connectivity index is 1.49. The molecule has 0 aliphatic carbocycles. The van der Waals surface area contributed by atoms with Gasteiger partial charge in [0.2, 0.25) is 5.91 Å². The summed E-state index contributed by atoms with van der Waals surface area (Å²) in [6.45, 7) is 2.92. The lowest BCUT2D eigenvalue weighted by molar-refractivity contribution is -0.121. The predicted octanol–water partition coefficient (Wildman–Crippen LogP) is 1.72. The minimum absolute atomic E-state index is 0.00313. The topological polar surface area (TPSA) is 68.2 Å². The number of carbonyl (C=O) groups excluding carboxylic acids is 1. The van der Waals surface area contributed by atoms with Crippen LogP contribution in [0.3, 0.4) is 0 Å². The number of ether oxygens (including phenoxy) is 1. The molecular weight excluding hydrogens is 316 g/mol. The zero-order chi connectivity index (χ0) is 17.5. The number of methoxy groups -OCH3 is 1. The van der Waals surface area contributed by atoms with Crippen molar-refractivity contribution >= 4 is 5.91 Å². The van der Waals surface area contributed by atoms with Crippen LogP contribution >= 0.6 is 0 Å². The zero-order valence-electron chi connectivity index (χ0n) is 14.7. The lowest BCUT2D eigenvalue weighted by Crippen LogP contribution is -2.33. The Morgan fingerprint density at radius 2 is 2.36 bits per heavy atom. The van der Waals surface area contributed by atoms with Crippen LogP contribution in [0.25, 0.3) is 0 Å². The molecule has 2 heterocycles. The van der Waals surface area contributed by atoms with Crippen LogP contribution in [0.4, 0.5) is 0 Å². The minimum atomic E-state index is -0.00313. The van der Waals surface area contributed by atoms with Crippen molar-refractivity contribution < 1.29 is 9.53 Å². The number of aromatic nitrogens is 2. The number of hydrogen-bond acceptors (Lipinski definition) is 4. The summed E-state index contributed by atoms with van der Waals surface area (Å²) in [5.74, 6) is 1.28. The van der Waals surface area contributed by atoms with Crippen molar-refractivity contribution in [3.05, 3.63) is 47.8 Å². The fraction of sp³-hybridized carbons (Fsp3) is 0.474. The molecule has 2 aromatic rings. The fourth-order valence-corrected chi connectivity index (χ4v) is 3.29. The standard InChI is InChI=1S/C19H26N4O2/c1-25-17-6-2-4-15(12-17)7-10-21-19(24)14-23-18(8-11-22-23)16-5-3-9-20-13-16/h2,4,6,8,11-12,16,20H,3,5,7,9-10,13-14H2,1H3,(H,21,24). The molecule has 1 atom stereocenters. The average Bonchev–Trinajstić information content (AvgIpc) is 3.10. The molecule has 0 saturated carbocycles. The minimum Gasteiger partial charge on any atom is -0.497 e.